The van der Waals surface area contributed by atoms with E-state index in [2.05, 4.69) is 37.4 Å². The van der Waals surface area contributed by atoms with Crippen LogP contribution in [-0.2, 0) is 0 Å². The molecule has 0 bridgehead atoms. The summed E-state index contributed by atoms with van der Waals surface area (Å²) in [5.41, 5.74) is 2.45. The first-order chi connectivity index (χ1) is 16.1. The number of nitrogens with one attached hydrogen (secondary N) is 2. The monoisotopic (exact) mass is 466 g/mol. The summed E-state index contributed by atoms with van der Waals surface area (Å²) in [5.74, 6) is 1.80. The second-order valence-corrected chi connectivity index (χ2v) is 8.67. The van der Waals surface area contributed by atoms with Gasteiger partial charge in [0.2, 0.25) is 5.95 Å². The van der Waals surface area contributed by atoms with Crippen LogP contribution in [-0.4, -0.2) is 56.1 Å². The molecule has 3 aromatic rings. The SMILES string of the molecule is CCNc1ncc2c(n1)N(C)CCN(c1cccc(O[C@@H](CCNC)c3ccsc3)c1)C2=O. The fourth-order valence-electron chi connectivity index (χ4n) is 3.82. The largest absolute Gasteiger partial charge is 0.486 e. The van der Waals surface area contributed by atoms with Gasteiger partial charge in [-0.2, -0.15) is 16.3 Å². The molecule has 0 saturated carbocycles. The van der Waals surface area contributed by atoms with Crippen LogP contribution in [0.5, 0.6) is 5.75 Å². The average molecular weight is 467 g/mol. The summed E-state index contributed by atoms with van der Waals surface area (Å²) in [6.45, 7) is 4.76. The second kappa shape index (κ2) is 10.6. The van der Waals surface area contributed by atoms with Crippen molar-refractivity contribution < 1.29 is 9.53 Å². The molecule has 1 aliphatic heterocycles. The Hall–Kier alpha value is -3.17. The van der Waals surface area contributed by atoms with E-state index < -0.39 is 0 Å². The molecule has 3 heterocycles. The third-order valence-electron chi connectivity index (χ3n) is 5.58. The lowest BCUT2D eigenvalue weighted by molar-refractivity contribution is 0.0989. The van der Waals surface area contributed by atoms with E-state index in [0.29, 0.717) is 30.4 Å². The van der Waals surface area contributed by atoms with Crippen LogP contribution in [0.2, 0.25) is 0 Å². The molecule has 8 nitrogen and oxygen atoms in total. The average Bonchev–Trinajstić information content (AvgIpc) is 3.33. The van der Waals surface area contributed by atoms with Crippen molar-refractivity contribution in [3.05, 3.63) is 58.4 Å². The molecule has 0 aliphatic carbocycles. The highest BCUT2D eigenvalue weighted by molar-refractivity contribution is 7.07. The maximum atomic E-state index is 13.5. The number of aromatic nitrogens is 2. The van der Waals surface area contributed by atoms with Gasteiger partial charge in [0.15, 0.2) is 0 Å². The molecular weight excluding hydrogens is 436 g/mol. The Balaban J connectivity index is 1.59. The van der Waals surface area contributed by atoms with Crippen LogP contribution in [0.25, 0.3) is 0 Å². The van der Waals surface area contributed by atoms with Gasteiger partial charge in [-0.25, -0.2) is 4.98 Å². The number of anilines is 3. The summed E-state index contributed by atoms with van der Waals surface area (Å²) < 4.78 is 6.38. The zero-order valence-electron chi connectivity index (χ0n) is 19.2. The second-order valence-electron chi connectivity index (χ2n) is 7.89. The molecule has 0 saturated heterocycles. The third-order valence-corrected chi connectivity index (χ3v) is 6.28. The van der Waals surface area contributed by atoms with Crippen molar-refractivity contribution in [1.29, 1.82) is 0 Å². The van der Waals surface area contributed by atoms with E-state index in [-0.39, 0.29) is 12.0 Å². The van der Waals surface area contributed by atoms with Gasteiger partial charge in [0, 0.05) is 56.6 Å². The molecule has 1 atom stereocenters. The molecule has 1 aromatic carbocycles. The minimum atomic E-state index is -0.112. The summed E-state index contributed by atoms with van der Waals surface area (Å²) in [4.78, 5) is 26.1. The van der Waals surface area contributed by atoms with E-state index >= 15 is 0 Å². The van der Waals surface area contributed by atoms with Gasteiger partial charge < -0.3 is 25.2 Å². The molecular formula is C24H30N6O2S. The molecule has 2 N–H and O–H groups in total. The minimum Gasteiger partial charge on any atom is -0.486 e. The fraction of sp³-hybridized carbons (Fsp3) is 0.375. The Kier molecular flexibility index (Phi) is 7.41. The molecule has 0 radical (unpaired) electrons. The third kappa shape index (κ3) is 5.26. The van der Waals surface area contributed by atoms with Crippen LogP contribution >= 0.6 is 11.3 Å². The predicted octanol–water partition coefficient (Wildman–Crippen LogP) is 3.80. The maximum absolute atomic E-state index is 13.5. The van der Waals surface area contributed by atoms with Gasteiger partial charge in [0.05, 0.1) is 0 Å². The topological polar surface area (TPSA) is 82.6 Å². The number of ether oxygens (including phenoxy) is 1. The van der Waals surface area contributed by atoms with E-state index in [1.165, 1.54) is 0 Å². The summed E-state index contributed by atoms with van der Waals surface area (Å²) in [6, 6.07) is 9.85. The van der Waals surface area contributed by atoms with Crippen molar-refractivity contribution in [1.82, 2.24) is 15.3 Å². The molecule has 2 aromatic heterocycles. The number of hydrogen-bond acceptors (Lipinski definition) is 8. The number of carbonyl (C=O) groups is 1. The lowest BCUT2D eigenvalue weighted by atomic mass is 10.1. The van der Waals surface area contributed by atoms with E-state index in [4.69, 9.17) is 4.74 Å². The summed E-state index contributed by atoms with van der Waals surface area (Å²) in [7, 11) is 3.89. The quantitative estimate of drug-likeness (QED) is 0.496. The standard InChI is InChI=1S/C24H30N6O2S/c1-4-26-24-27-15-20-22(28-24)29(3)11-12-30(23(20)31)18-6-5-7-19(14-18)32-21(8-10-25-2)17-9-13-33-16-17/h5-7,9,13-16,21,25H,4,8,10-12H2,1-3H3,(H,26,27,28)/t21-/m0/s1. The predicted molar refractivity (Wildman–Crippen MR) is 134 cm³/mol. The Labute approximate surface area is 198 Å². The van der Waals surface area contributed by atoms with E-state index in [9.17, 15) is 4.79 Å². The Morgan fingerprint density at radius 2 is 2.15 bits per heavy atom. The number of likely N-dealkylation sites (N-methyl/N-ethyl adjacent to an activating group) is 1. The molecule has 0 unspecified atom stereocenters. The van der Waals surface area contributed by atoms with Crippen LogP contribution in [0.1, 0.15) is 35.4 Å². The number of thiophene rings is 1. The Morgan fingerprint density at radius 1 is 1.27 bits per heavy atom. The highest BCUT2D eigenvalue weighted by Gasteiger charge is 2.28. The number of carbonyl (C=O) groups excluding carboxylic acids is 1. The highest BCUT2D eigenvalue weighted by Crippen LogP contribution is 2.31. The van der Waals surface area contributed by atoms with Crippen LogP contribution < -0.4 is 25.2 Å². The Morgan fingerprint density at radius 3 is 2.91 bits per heavy atom. The first kappa shape index (κ1) is 23.0. The number of nitrogens with zero attached hydrogens (tertiary/aromatic N) is 4. The van der Waals surface area contributed by atoms with Crippen LogP contribution in [0.15, 0.2) is 47.3 Å². The zero-order chi connectivity index (χ0) is 23.2. The molecule has 1 aliphatic rings. The van der Waals surface area contributed by atoms with Gasteiger partial charge in [-0.15, -0.1) is 0 Å². The minimum absolute atomic E-state index is 0.0523. The first-order valence-electron chi connectivity index (χ1n) is 11.2. The number of fused-ring (bicyclic) bond motifs is 1. The number of rotatable bonds is 9. The molecule has 33 heavy (non-hydrogen) atoms. The molecule has 0 fully saturated rings. The number of hydrogen-bond donors (Lipinski definition) is 2. The van der Waals surface area contributed by atoms with E-state index in [0.717, 1.165) is 36.5 Å². The molecule has 9 heteroatoms. The van der Waals surface area contributed by atoms with Crippen LogP contribution in [0, 0.1) is 0 Å². The van der Waals surface area contributed by atoms with Crippen LogP contribution in [0.3, 0.4) is 0 Å². The zero-order valence-corrected chi connectivity index (χ0v) is 20.1. The van der Waals surface area contributed by atoms with Crippen molar-refractivity contribution in [3.8, 4) is 5.75 Å². The van der Waals surface area contributed by atoms with E-state index in [1.54, 1.807) is 22.4 Å². The van der Waals surface area contributed by atoms with Crippen molar-refractivity contribution in [2.75, 3.05) is 55.4 Å². The van der Waals surface area contributed by atoms with Crippen molar-refractivity contribution >= 4 is 34.7 Å². The van der Waals surface area contributed by atoms with Gasteiger partial charge in [-0.1, -0.05) is 6.07 Å². The fourth-order valence-corrected chi connectivity index (χ4v) is 4.53. The summed E-state index contributed by atoms with van der Waals surface area (Å²) >= 11 is 1.66. The highest BCUT2D eigenvalue weighted by atomic mass is 32.1. The van der Waals surface area contributed by atoms with Crippen molar-refractivity contribution in [3.63, 3.8) is 0 Å². The normalized spacial score (nSPS) is 14.6. The van der Waals surface area contributed by atoms with Gasteiger partial charge in [-0.3, -0.25) is 4.79 Å². The lowest BCUT2D eigenvalue weighted by Gasteiger charge is -2.23. The van der Waals surface area contributed by atoms with Crippen molar-refractivity contribution in [2.45, 2.75) is 19.4 Å². The maximum Gasteiger partial charge on any atom is 0.263 e. The molecule has 174 valence electrons. The number of benzene rings is 1. The summed E-state index contributed by atoms with van der Waals surface area (Å²) in [5, 5.41) is 10.5. The van der Waals surface area contributed by atoms with Gasteiger partial charge in [-0.05, 0) is 49.5 Å². The van der Waals surface area contributed by atoms with Crippen molar-refractivity contribution in [2.24, 2.45) is 0 Å². The van der Waals surface area contributed by atoms with Gasteiger partial charge in [0.1, 0.15) is 23.2 Å². The smallest absolute Gasteiger partial charge is 0.263 e. The van der Waals surface area contributed by atoms with Gasteiger partial charge in [0.25, 0.3) is 5.91 Å². The van der Waals surface area contributed by atoms with Gasteiger partial charge >= 0.3 is 0 Å². The molecule has 1 amide bonds. The first-order valence-corrected chi connectivity index (χ1v) is 12.1. The van der Waals surface area contributed by atoms with Crippen LogP contribution in [0.4, 0.5) is 17.5 Å². The molecule has 0 spiro atoms. The van der Waals surface area contributed by atoms with E-state index in [1.807, 2.05) is 50.2 Å². The summed E-state index contributed by atoms with van der Waals surface area (Å²) in [6.07, 6.45) is 2.41. The Bertz CT molecular complexity index is 1070. The lowest BCUT2D eigenvalue weighted by Crippen LogP contribution is -2.33. The number of amides is 1. The molecule has 4 rings (SSSR count).